The second-order valence-corrected chi connectivity index (χ2v) is 7.85. The van der Waals surface area contributed by atoms with Crippen molar-refractivity contribution in [2.75, 3.05) is 33.8 Å². The van der Waals surface area contributed by atoms with Gasteiger partial charge in [-0.15, -0.1) is 24.0 Å². The van der Waals surface area contributed by atoms with Crippen molar-refractivity contribution in [3.05, 3.63) is 46.2 Å². The van der Waals surface area contributed by atoms with Crippen molar-refractivity contribution < 1.29 is 9.84 Å². The molecule has 0 saturated carbocycles. The molecule has 0 radical (unpaired) electrons. The van der Waals surface area contributed by atoms with E-state index in [0.29, 0.717) is 18.3 Å². The molecule has 2 heterocycles. The van der Waals surface area contributed by atoms with Gasteiger partial charge in [0.15, 0.2) is 5.96 Å². The van der Waals surface area contributed by atoms with Gasteiger partial charge < -0.3 is 20.5 Å². The molecule has 1 aromatic heterocycles. The lowest BCUT2D eigenvalue weighted by atomic mass is 10.0. The SMILES string of the molecule is CN=C(NCCc1ccc(OC)cc1O)NC1CCN(Cc2ccsc2)CC1.I. The monoisotopic (exact) mass is 530 g/mol. The van der Waals surface area contributed by atoms with E-state index in [2.05, 4.69) is 37.4 Å². The van der Waals surface area contributed by atoms with Crippen molar-refractivity contribution in [1.29, 1.82) is 0 Å². The fraction of sp³-hybridized carbons (Fsp3) is 0.476. The van der Waals surface area contributed by atoms with Gasteiger partial charge in [0.05, 0.1) is 7.11 Å². The maximum absolute atomic E-state index is 10.1. The summed E-state index contributed by atoms with van der Waals surface area (Å²) in [5.41, 5.74) is 2.31. The van der Waals surface area contributed by atoms with Gasteiger partial charge in [-0.3, -0.25) is 9.89 Å². The number of thiophene rings is 1. The van der Waals surface area contributed by atoms with Crippen molar-refractivity contribution in [2.24, 2.45) is 4.99 Å². The minimum atomic E-state index is 0. The molecule has 0 unspecified atom stereocenters. The van der Waals surface area contributed by atoms with Crippen LogP contribution in [0.15, 0.2) is 40.0 Å². The first kappa shape index (κ1) is 23.8. The summed E-state index contributed by atoms with van der Waals surface area (Å²) in [7, 11) is 3.39. The van der Waals surface area contributed by atoms with E-state index in [9.17, 15) is 5.11 Å². The standard InChI is InChI=1S/C21H30N4O2S.HI/c1-22-21(23-9-5-17-3-4-19(27-2)13-20(17)26)24-18-6-10-25(11-7-18)14-16-8-12-28-15-16;/h3-4,8,12-13,15,18,26H,5-7,9-11,14H2,1-2H3,(H2,22,23,24);1H. The zero-order valence-corrected chi connectivity index (χ0v) is 20.2. The molecule has 0 amide bonds. The fourth-order valence-corrected chi connectivity index (χ4v) is 4.12. The maximum Gasteiger partial charge on any atom is 0.191 e. The lowest BCUT2D eigenvalue weighted by Crippen LogP contribution is -2.48. The van der Waals surface area contributed by atoms with Crippen LogP contribution in [0.25, 0.3) is 0 Å². The molecule has 3 rings (SSSR count). The first-order valence-electron chi connectivity index (χ1n) is 9.74. The van der Waals surface area contributed by atoms with Crippen molar-refractivity contribution >= 4 is 41.3 Å². The number of piperidine rings is 1. The smallest absolute Gasteiger partial charge is 0.191 e. The van der Waals surface area contributed by atoms with Crippen LogP contribution in [0.1, 0.15) is 24.0 Å². The molecule has 160 valence electrons. The minimum Gasteiger partial charge on any atom is -0.508 e. The highest BCUT2D eigenvalue weighted by atomic mass is 127. The van der Waals surface area contributed by atoms with E-state index < -0.39 is 0 Å². The third-order valence-electron chi connectivity index (χ3n) is 5.12. The van der Waals surface area contributed by atoms with Crippen LogP contribution in [-0.2, 0) is 13.0 Å². The number of likely N-dealkylation sites (tertiary alicyclic amines) is 1. The molecule has 1 fully saturated rings. The number of phenols is 1. The molecule has 1 aliphatic heterocycles. The zero-order valence-electron chi connectivity index (χ0n) is 17.1. The van der Waals surface area contributed by atoms with Crippen LogP contribution in [0.4, 0.5) is 0 Å². The highest BCUT2D eigenvalue weighted by molar-refractivity contribution is 14.0. The normalized spacial score (nSPS) is 15.6. The third kappa shape index (κ3) is 7.35. The average Bonchev–Trinajstić information content (AvgIpc) is 3.22. The van der Waals surface area contributed by atoms with Gasteiger partial charge in [-0.05, 0) is 53.3 Å². The van der Waals surface area contributed by atoms with E-state index in [4.69, 9.17) is 4.74 Å². The molecule has 0 atom stereocenters. The molecular formula is C21H31IN4O2S. The summed E-state index contributed by atoms with van der Waals surface area (Å²) in [5.74, 6) is 1.75. The topological polar surface area (TPSA) is 69.1 Å². The number of phenolic OH excluding ortho intramolecular Hbond substituents is 1. The van der Waals surface area contributed by atoms with Crippen LogP contribution in [0, 0.1) is 0 Å². The Kier molecular flexibility index (Phi) is 10.0. The zero-order chi connectivity index (χ0) is 19.8. The number of ether oxygens (including phenoxy) is 1. The molecule has 8 heteroatoms. The van der Waals surface area contributed by atoms with Gasteiger partial charge >= 0.3 is 0 Å². The van der Waals surface area contributed by atoms with E-state index in [1.807, 2.05) is 12.1 Å². The Morgan fingerprint density at radius 3 is 2.72 bits per heavy atom. The molecule has 2 aromatic rings. The van der Waals surface area contributed by atoms with Crippen LogP contribution in [0.5, 0.6) is 11.5 Å². The van der Waals surface area contributed by atoms with E-state index in [1.54, 1.807) is 31.6 Å². The highest BCUT2D eigenvalue weighted by Crippen LogP contribution is 2.23. The van der Waals surface area contributed by atoms with Crippen LogP contribution >= 0.6 is 35.3 Å². The number of hydrogen-bond donors (Lipinski definition) is 3. The molecule has 1 aliphatic rings. The minimum absolute atomic E-state index is 0. The van der Waals surface area contributed by atoms with Crippen LogP contribution in [-0.4, -0.2) is 55.8 Å². The number of methoxy groups -OCH3 is 1. The number of nitrogens with one attached hydrogen (secondary N) is 2. The van der Waals surface area contributed by atoms with Crippen molar-refractivity contribution in [1.82, 2.24) is 15.5 Å². The summed E-state index contributed by atoms with van der Waals surface area (Å²) < 4.78 is 5.12. The molecule has 29 heavy (non-hydrogen) atoms. The van der Waals surface area contributed by atoms with Crippen molar-refractivity contribution in [3.63, 3.8) is 0 Å². The number of halogens is 1. The Labute approximate surface area is 194 Å². The largest absolute Gasteiger partial charge is 0.508 e. The molecule has 6 nitrogen and oxygen atoms in total. The lowest BCUT2D eigenvalue weighted by Gasteiger charge is -2.33. The molecule has 0 aliphatic carbocycles. The Hall–Kier alpha value is -1.52. The number of hydrogen-bond acceptors (Lipinski definition) is 5. The Balaban J connectivity index is 0.00000300. The van der Waals surface area contributed by atoms with E-state index in [1.165, 1.54) is 5.56 Å². The number of rotatable bonds is 7. The quantitative estimate of drug-likeness (QED) is 0.291. The highest BCUT2D eigenvalue weighted by Gasteiger charge is 2.20. The molecular weight excluding hydrogens is 499 g/mol. The molecule has 0 bridgehead atoms. The van der Waals surface area contributed by atoms with E-state index in [-0.39, 0.29) is 29.7 Å². The molecule has 1 saturated heterocycles. The lowest BCUT2D eigenvalue weighted by molar-refractivity contribution is 0.198. The molecule has 1 aromatic carbocycles. The first-order chi connectivity index (χ1) is 13.7. The van der Waals surface area contributed by atoms with E-state index >= 15 is 0 Å². The van der Waals surface area contributed by atoms with Crippen molar-refractivity contribution in [3.8, 4) is 11.5 Å². The summed E-state index contributed by atoms with van der Waals surface area (Å²) >= 11 is 1.76. The molecule has 3 N–H and O–H groups in total. The molecule has 0 spiro atoms. The number of guanidine groups is 1. The number of aromatic hydroxyl groups is 1. The van der Waals surface area contributed by atoms with Crippen LogP contribution < -0.4 is 15.4 Å². The van der Waals surface area contributed by atoms with Gasteiger partial charge in [0.2, 0.25) is 0 Å². The summed E-state index contributed by atoms with van der Waals surface area (Å²) in [6.45, 7) is 3.96. The van der Waals surface area contributed by atoms with Gasteiger partial charge in [0.1, 0.15) is 11.5 Å². The predicted octanol–water partition coefficient (Wildman–Crippen LogP) is 3.45. The fourth-order valence-electron chi connectivity index (χ4n) is 3.46. The van der Waals surface area contributed by atoms with E-state index in [0.717, 1.165) is 50.4 Å². The summed E-state index contributed by atoms with van der Waals surface area (Å²) in [6, 6.07) is 8.06. The second-order valence-electron chi connectivity index (χ2n) is 7.07. The Bertz CT molecular complexity index is 762. The first-order valence-corrected chi connectivity index (χ1v) is 10.7. The summed E-state index contributed by atoms with van der Waals surface area (Å²) in [6.07, 6.45) is 2.95. The number of nitrogens with zero attached hydrogens (tertiary/aromatic N) is 2. The van der Waals surface area contributed by atoms with Gasteiger partial charge in [0, 0.05) is 45.3 Å². The van der Waals surface area contributed by atoms with Crippen LogP contribution in [0.2, 0.25) is 0 Å². The Morgan fingerprint density at radius 2 is 2.10 bits per heavy atom. The number of aliphatic imine (C=N–C) groups is 1. The van der Waals surface area contributed by atoms with Gasteiger partial charge in [-0.2, -0.15) is 11.3 Å². The van der Waals surface area contributed by atoms with Crippen molar-refractivity contribution in [2.45, 2.75) is 31.8 Å². The maximum atomic E-state index is 10.1. The number of benzene rings is 1. The predicted molar refractivity (Wildman–Crippen MR) is 131 cm³/mol. The third-order valence-corrected chi connectivity index (χ3v) is 5.85. The van der Waals surface area contributed by atoms with Gasteiger partial charge in [-0.1, -0.05) is 6.07 Å². The van der Waals surface area contributed by atoms with Gasteiger partial charge in [0.25, 0.3) is 0 Å². The average molecular weight is 530 g/mol. The van der Waals surface area contributed by atoms with Gasteiger partial charge in [-0.25, -0.2) is 0 Å². The summed E-state index contributed by atoms with van der Waals surface area (Å²) in [4.78, 5) is 6.86. The Morgan fingerprint density at radius 1 is 1.31 bits per heavy atom. The summed E-state index contributed by atoms with van der Waals surface area (Å²) in [5, 5.41) is 21.3. The van der Waals surface area contributed by atoms with Crippen LogP contribution in [0.3, 0.4) is 0 Å². The second kappa shape index (κ2) is 12.2.